The van der Waals surface area contributed by atoms with Gasteiger partial charge in [0.1, 0.15) is 0 Å². The highest BCUT2D eigenvalue weighted by Gasteiger charge is 2.10. The third kappa shape index (κ3) is 3.43. The largest absolute Gasteiger partial charge is 0.322 e. The fraction of sp³-hybridized carbons (Fsp3) is 0. The van der Waals surface area contributed by atoms with E-state index in [0.717, 1.165) is 19.1 Å². The molecule has 2 aromatic carbocycles. The van der Waals surface area contributed by atoms with Crippen LogP contribution in [-0.2, 0) is 0 Å². The molecule has 0 saturated carbocycles. The maximum atomic E-state index is 12.1. The Hall–Kier alpha value is -0.650. The van der Waals surface area contributed by atoms with Gasteiger partial charge < -0.3 is 5.32 Å². The Balaban J connectivity index is 2.24. The van der Waals surface area contributed by atoms with Gasteiger partial charge in [0, 0.05) is 19.1 Å². The van der Waals surface area contributed by atoms with E-state index in [9.17, 15) is 4.79 Å². The maximum absolute atomic E-state index is 12.1. The van der Waals surface area contributed by atoms with Crippen LogP contribution in [0.3, 0.4) is 0 Å². The summed E-state index contributed by atoms with van der Waals surface area (Å²) in [7, 11) is 0. The molecule has 0 saturated heterocycles. The summed E-state index contributed by atoms with van der Waals surface area (Å²) in [5.74, 6) is -0.152. The second-order valence-electron chi connectivity index (χ2n) is 3.59. The highest BCUT2D eigenvalue weighted by molar-refractivity contribution is 9.11. The standard InChI is InChI=1S/C13H8Br3NO/c14-8-2-1-3-10(6-8)17-13(18)11-7-9(15)4-5-12(11)16/h1-7H,(H,17,18). The minimum absolute atomic E-state index is 0.152. The van der Waals surface area contributed by atoms with Gasteiger partial charge in [0.2, 0.25) is 0 Å². The Morgan fingerprint density at radius 2 is 1.67 bits per heavy atom. The van der Waals surface area contributed by atoms with Gasteiger partial charge in [-0.15, -0.1) is 0 Å². The normalized spacial score (nSPS) is 10.2. The first-order valence-corrected chi connectivity index (χ1v) is 7.46. The number of anilines is 1. The lowest BCUT2D eigenvalue weighted by molar-refractivity contribution is 0.102. The number of carbonyl (C=O) groups excluding carboxylic acids is 1. The predicted molar refractivity (Wildman–Crippen MR) is 83.9 cm³/mol. The molecule has 0 bridgehead atoms. The molecule has 1 amide bonds. The summed E-state index contributed by atoms with van der Waals surface area (Å²) in [6, 6.07) is 13.0. The van der Waals surface area contributed by atoms with Gasteiger partial charge in [0.05, 0.1) is 5.56 Å². The van der Waals surface area contributed by atoms with Crippen LogP contribution in [0.1, 0.15) is 10.4 Å². The molecule has 0 aromatic heterocycles. The average Bonchev–Trinajstić information content (AvgIpc) is 2.32. The number of hydrogen-bond acceptors (Lipinski definition) is 1. The number of amides is 1. The van der Waals surface area contributed by atoms with E-state index in [4.69, 9.17) is 0 Å². The summed E-state index contributed by atoms with van der Waals surface area (Å²) in [6.07, 6.45) is 0. The zero-order valence-electron chi connectivity index (χ0n) is 9.08. The van der Waals surface area contributed by atoms with Crippen LogP contribution in [0.2, 0.25) is 0 Å². The number of nitrogens with one attached hydrogen (secondary N) is 1. The van der Waals surface area contributed by atoms with Crippen molar-refractivity contribution in [2.24, 2.45) is 0 Å². The van der Waals surface area contributed by atoms with Crippen molar-refractivity contribution >= 4 is 59.4 Å². The highest BCUT2D eigenvalue weighted by atomic mass is 79.9. The molecule has 2 aromatic rings. The summed E-state index contributed by atoms with van der Waals surface area (Å²) < 4.78 is 2.55. The number of rotatable bonds is 2. The number of halogens is 3. The number of benzene rings is 2. The topological polar surface area (TPSA) is 29.1 Å². The first kappa shape index (κ1) is 13.8. The van der Waals surface area contributed by atoms with Crippen molar-refractivity contribution < 1.29 is 4.79 Å². The second kappa shape index (κ2) is 5.99. The van der Waals surface area contributed by atoms with Crippen molar-refractivity contribution in [1.29, 1.82) is 0 Å². The SMILES string of the molecule is O=C(Nc1cccc(Br)c1)c1cc(Br)ccc1Br. The highest BCUT2D eigenvalue weighted by Crippen LogP contribution is 2.23. The van der Waals surface area contributed by atoms with Crippen molar-refractivity contribution in [3.63, 3.8) is 0 Å². The molecule has 18 heavy (non-hydrogen) atoms. The molecule has 0 aliphatic rings. The summed E-state index contributed by atoms with van der Waals surface area (Å²) in [4.78, 5) is 12.1. The molecular formula is C13H8Br3NO. The third-order valence-electron chi connectivity index (χ3n) is 2.26. The Kier molecular flexibility index (Phi) is 4.59. The van der Waals surface area contributed by atoms with Crippen LogP contribution in [-0.4, -0.2) is 5.91 Å². The molecular weight excluding hydrogens is 426 g/mol. The van der Waals surface area contributed by atoms with E-state index in [-0.39, 0.29) is 5.91 Å². The van der Waals surface area contributed by atoms with E-state index in [1.165, 1.54) is 0 Å². The summed E-state index contributed by atoms with van der Waals surface area (Å²) in [5.41, 5.74) is 1.34. The van der Waals surface area contributed by atoms with Crippen molar-refractivity contribution in [3.8, 4) is 0 Å². The van der Waals surface area contributed by atoms with Gasteiger partial charge in [-0.25, -0.2) is 0 Å². The lowest BCUT2D eigenvalue weighted by atomic mass is 10.2. The van der Waals surface area contributed by atoms with E-state index in [0.29, 0.717) is 5.56 Å². The predicted octanol–water partition coefficient (Wildman–Crippen LogP) is 5.23. The van der Waals surface area contributed by atoms with Gasteiger partial charge >= 0.3 is 0 Å². The van der Waals surface area contributed by atoms with E-state index in [2.05, 4.69) is 53.1 Å². The van der Waals surface area contributed by atoms with E-state index >= 15 is 0 Å². The van der Waals surface area contributed by atoms with Gasteiger partial charge in [-0.2, -0.15) is 0 Å². The van der Waals surface area contributed by atoms with Gasteiger partial charge in [0.25, 0.3) is 5.91 Å². The average molecular weight is 434 g/mol. The molecule has 0 unspecified atom stereocenters. The quantitative estimate of drug-likeness (QED) is 0.690. The van der Waals surface area contributed by atoms with Crippen LogP contribution in [0.15, 0.2) is 55.9 Å². The Morgan fingerprint density at radius 1 is 0.944 bits per heavy atom. The smallest absolute Gasteiger partial charge is 0.256 e. The third-order valence-corrected chi connectivity index (χ3v) is 3.93. The minimum atomic E-state index is -0.152. The first-order valence-electron chi connectivity index (χ1n) is 5.08. The lowest BCUT2D eigenvalue weighted by Crippen LogP contribution is -2.12. The molecule has 92 valence electrons. The first-order chi connectivity index (χ1) is 8.56. The molecule has 0 atom stereocenters. The molecule has 2 rings (SSSR count). The fourth-order valence-electron chi connectivity index (χ4n) is 1.44. The van der Waals surface area contributed by atoms with E-state index in [1.807, 2.05) is 36.4 Å². The van der Waals surface area contributed by atoms with Crippen LogP contribution in [0.4, 0.5) is 5.69 Å². The maximum Gasteiger partial charge on any atom is 0.256 e. The van der Waals surface area contributed by atoms with Crippen LogP contribution < -0.4 is 5.32 Å². The summed E-state index contributed by atoms with van der Waals surface area (Å²) in [6.45, 7) is 0. The fourth-order valence-corrected chi connectivity index (χ4v) is 2.62. The molecule has 0 radical (unpaired) electrons. The van der Waals surface area contributed by atoms with Crippen LogP contribution >= 0.6 is 47.8 Å². The Labute approximate surface area is 130 Å². The van der Waals surface area contributed by atoms with Gasteiger partial charge in [-0.05, 0) is 52.3 Å². The molecule has 0 aliphatic heterocycles. The Bertz CT molecular complexity index is 599. The zero-order chi connectivity index (χ0) is 13.1. The minimum Gasteiger partial charge on any atom is -0.322 e. The van der Waals surface area contributed by atoms with E-state index in [1.54, 1.807) is 6.07 Å². The monoisotopic (exact) mass is 431 g/mol. The number of hydrogen-bond donors (Lipinski definition) is 1. The van der Waals surface area contributed by atoms with Crippen molar-refractivity contribution in [1.82, 2.24) is 0 Å². The molecule has 0 fully saturated rings. The van der Waals surface area contributed by atoms with E-state index < -0.39 is 0 Å². The van der Waals surface area contributed by atoms with Crippen molar-refractivity contribution in [2.45, 2.75) is 0 Å². The van der Waals surface area contributed by atoms with Crippen LogP contribution in [0, 0.1) is 0 Å². The molecule has 2 nitrogen and oxygen atoms in total. The zero-order valence-corrected chi connectivity index (χ0v) is 13.8. The number of carbonyl (C=O) groups is 1. The van der Waals surface area contributed by atoms with Gasteiger partial charge in [0.15, 0.2) is 0 Å². The molecule has 0 spiro atoms. The molecule has 5 heteroatoms. The second-order valence-corrected chi connectivity index (χ2v) is 6.27. The van der Waals surface area contributed by atoms with Gasteiger partial charge in [-0.3, -0.25) is 4.79 Å². The Morgan fingerprint density at radius 3 is 2.39 bits per heavy atom. The van der Waals surface area contributed by atoms with Crippen LogP contribution in [0.25, 0.3) is 0 Å². The molecule has 1 N–H and O–H groups in total. The van der Waals surface area contributed by atoms with Crippen molar-refractivity contribution in [2.75, 3.05) is 5.32 Å². The molecule has 0 aliphatic carbocycles. The lowest BCUT2D eigenvalue weighted by Gasteiger charge is -2.07. The summed E-state index contributed by atoms with van der Waals surface area (Å²) in [5, 5.41) is 2.85. The summed E-state index contributed by atoms with van der Waals surface area (Å²) >= 11 is 10.1. The van der Waals surface area contributed by atoms with Crippen molar-refractivity contribution in [3.05, 3.63) is 61.4 Å². The van der Waals surface area contributed by atoms with Crippen LogP contribution in [0.5, 0.6) is 0 Å². The van der Waals surface area contributed by atoms with Gasteiger partial charge in [-0.1, -0.05) is 37.9 Å². The molecule has 0 heterocycles.